The first-order valence-electron chi connectivity index (χ1n) is 4.25. The highest BCUT2D eigenvalue weighted by Gasteiger charge is 2.33. The van der Waals surface area contributed by atoms with Crippen molar-refractivity contribution in [2.45, 2.75) is 26.4 Å². The van der Waals surface area contributed by atoms with Gasteiger partial charge < -0.3 is 15.7 Å². The summed E-state index contributed by atoms with van der Waals surface area (Å²) in [4.78, 5) is 0. The number of oxime groups is 1. The Labute approximate surface area is 72.4 Å². The Morgan fingerprint density at radius 3 is 2.83 bits per heavy atom. The van der Waals surface area contributed by atoms with Crippen LogP contribution in [0.5, 0.6) is 0 Å². The molecule has 12 heavy (non-hydrogen) atoms. The lowest BCUT2D eigenvalue weighted by Crippen LogP contribution is -2.33. The molecule has 1 aliphatic rings. The lowest BCUT2D eigenvalue weighted by molar-refractivity contribution is 0.0652. The molecule has 2 unspecified atom stereocenters. The summed E-state index contributed by atoms with van der Waals surface area (Å²) in [5.74, 6) is 0.805. The number of ether oxygens (including phenoxy) is 1. The zero-order valence-electron chi connectivity index (χ0n) is 7.53. The molecule has 4 heteroatoms. The summed E-state index contributed by atoms with van der Waals surface area (Å²) < 4.78 is 5.48. The van der Waals surface area contributed by atoms with Gasteiger partial charge in [-0.2, -0.15) is 0 Å². The number of hydrogen-bond donors (Lipinski definition) is 2. The monoisotopic (exact) mass is 172 g/mol. The van der Waals surface area contributed by atoms with Crippen molar-refractivity contribution in [3.8, 4) is 0 Å². The van der Waals surface area contributed by atoms with Gasteiger partial charge in [-0.1, -0.05) is 19.0 Å². The molecule has 3 N–H and O–H groups in total. The molecule has 0 aromatic rings. The molecule has 1 heterocycles. The van der Waals surface area contributed by atoms with E-state index in [0.717, 1.165) is 6.42 Å². The van der Waals surface area contributed by atoms with E-state index in [1.807, 2.05) is 0 Å². The predicted octanol–water partition coefficient (Wildman–Crippen LogP) is 0.794. The van der Waals surface area contributed by atoms with Gasteiger partial charge in [0.1, 0.15) is 5.84 Å². The maximum atomic E-state index is 8.50. The second-order valence-corrected chi connectivity index (χ2v) is 3.50. The van der Waals surface area contributed by atoms with Crippen molar-refractivity contribution in [1.82, 2.24) is 0 Å². The summed E-state index contributed by atoms with van der Waals surface area (Å²) in [7, 11) is 0. The minimum absolute atomic E-state index is 0.0926. The average molecular weight is 172 g/mol. The fraction of sp³-hybridized carbons (Fsp3) is 0.875. The molecule has 1 aliphatic heterocycles. The molecule has 0 aromatic carbocycles. The van der Waals surface area contributed by atoms with Gasteiger partial charge in [0.2, 0.25) is 0 Å². The quantitative estimate of drug-likeness (QED) is 0.280. The number of hydrogen-bond acceptors (Lipinski definition) is 3. The standard InChI is InChI=1S/C8H16N2O2/c1-5(2)7-6(3-4-12-7)8(9)10-11/h5-7,11H,3-4H2,1-2H3,(H2,9,10). The Balaban J connectivity index is 2.64. The second kappa shape index (κ2) is 3.76. The first-order chi connectivity index (χ1) is 5.66. The molecule has 2 atom stereocenters. The molecule has 70 valence electrons. The van der Waals surface area contributed by atoms with Gasteiger partial charge in [0.05, 0.1) is 6.10 Å². The highest BCUT2D eigenvalue weighted by atomic mass is 16.5. The highest BCUT2D eigenvalue weighted by Crippen LogP contribution is 2.26. The van der Waals surface area contributed by atoms with Gasteiger partial charge in [-0.25, -0.2) is 0 Å². The predicted molar refractivity (Wildman–Crippen MR) is 46.1 cm³/mol. The van der Waals surface area contributed by atoms with Gasteiger partial charge in [-0.05, 0) is 12.3 Å². The largest absolute Gasteiger partial charge is 0.409 e. The van der Waals surface area contributed by atoms with Crippen LogP contribution in [-0.2, 0) is 4.74 Å². The highest BCUT2D eigenvalue weighted by molar-refractivity contribution is 5.83. The molecular formula is C8H16N2O2. The lowest BCUT2D eigenvalue weighted by Gasteiger charge is -2.20. The van der Waals surface area contributed by atoms with Crippen molar-refractivity contribution >= 4 is 5.84 Å². The second-order valence-electron chi connectivity index (χ2n) is 3.50. The van der Waals surface area contributed by atoms with E-state index in [9.17, 15) is 0 Å². The Morgan fingerprint density at radius 2 is 2.33 bits per heavy atom. The van der Waals surface area contributed by atoms with Crippen LogP contribution in [0.25, 0.3) is 0 Å². The first-order valence-corrected chi connectivity index (χ1v) is 4.25. The molecule has 0 spiro atoms. The molecule has 0 amide bonds. The Morgan fingerprint density at radius 1 is 1.67 bits per heavy atom. The third kappa shape index (κ3) is 1.69. The smallest absolute Gasteiger partial charge is 0.144 e. The molecule has 0 aliphatic carbocycles. The first kappa shape index (κ1) is 9.32. The molecule has 0 saturated carbocycles. The minimum atomic E-state index is 0.0926. The SMILES string of the molecule is CC(C)C1OCCC1/C(N)=N/O. The third-order valence-electron chi connectivity index (χ3n) is 2.29. The van der Waals surface area contributed by atoms with Crippen LogP contribution in [0.1, 0.15) is 20.3 Å². The maximum Gasteiger partial charge on any atom is 0.144 e. The Hall–Kier alpha value is -0.770. The van der Waals surface area contributed by atoms with Crippen molar-refractivity contribution in [2.75, 3.05) is 6.61 Å². The van der Waals surface area contributed by atoms with Crippen LogP contribution in [0.15, 0.2) is 5.16 Å². The third-order valence-corrected chi connectivity index (χ3v) is 2.29. The Bertz CT molecular complexity index is 180. The molecule has 0 bridgehead atoms. The van der Waals surface area contributed by atoms with Crippen molar-refractivity contribution in [2.24, 2.45) is 22.7 Å². The normalized spacial score (nSPS) is 31.4. The number of rotatable bonds is 2. The van der Waals surface area contributed by atoms with E-state index in [4.69, 9.17) is 15.7 Å². The molecular weight excluding hydrogens is 156 g/mol. The van der Waals surface area contributed by atoms with Gasteiger partial charge in [0.25, 0.3) is 0 Å². The zero-order valence-corrected chi connectivity index (χ0v) is 7.53. The van der Waals surface area contributed by atoms with E-state index >= 15 is 0 Å². The number of amidine groups is 1. The van der Waals surface area contributed by atoms with E-state index in [0.29, 0.717) is 18.4 Å². The maximum absolute atomic E-state index is 8.50. The number of nitrogens with two attached hydrogens (primary N) is 1. The summed E-state index contributed by atoms with van der Waals surface area (Å²) in [5.41, 5.74) is 5.53. The summed E-state index contributed by atoms with van der Waals surface area (Å²) in [6, 6.07) is 0. The average Bonchev–Trinajstić information content (AvgIpc) is 2.50. The molecule has 1 fully saturated rings. The molecule has 4 nitrogen and oxygen atoms in total. The van der Waals surface area contributed by atoms with Gasteiger partial charge >= 0.3 is 0 Å². The molecule has 0 radical (unpaired) electrons. The molecule has 0 aromatic heterocycles. The van der Waals surface area contributed by atoms with E-state index in [1.54, 1.807) is 0 Å². The van der Waals surface area contributed by atoms with Gasteiger partial charge in [-0.15, -0.1) is 0 Å². The molecule has 1 saturated heterocycles. The van der Waals surface area contributed by atoms with Crippen molar-refractivity contribution in [1.29, 1.82) is 0 Å². The molecule has 1 rings (SSSR count). The van der Waals surface area contributed by atoms with Crippen LogP contribution >= 0.6 is 0 Å². The summed E-state index contributed by atoms with van der Waals surface area (Å²) >= 11 is 0. The van der Waals surface area contributed by atoms with Crippen molar-refractivity contribution in [3.63, 3.8) is 0 Å². The van der Waals surface area contributed by atoms with E-state index in [-0.39, 0.29) is 12.0 Å². The number of nitrogens with zero attached hydrogens (tertiary/aromatic N) is 1. The fourth-order valence-corrected chi connectivity index (χ4v) is 1.66. The van der Waals surface area contributed by atoms with E-state index < -0.39 is 0 Å². The lowest BCUT2D eigenvalue weighted by atomic mass is 9.92. The summed E-state index contributed by atoms with van der Waals surface area (Å²) in [6.45, 7) is 4.87. The van der Waals surface area contributed by atoms with Crippen LogP contribution in [0, 0.1) is 11.8 Å². The van der Waals surface area contributed by atoms with Crippen LogP contribution < -0.4 is 5.73 Å². The minimum Gasteiger partial charge on any atom is -0.409 e. The Kier molecular flexibility index (Phi) is 2.92. The van der Waals surface area contributed by atoms with Crippen LogP contribution in [0.4, 0.5) is 0 Å². The van der Waals surface area contributed by atoms with Crippen LogP contribution in [-0.4, -0.2) is 23.8 Å². The van der Waals surface area contributed by atoms with Gasteiger partial charge in [0.15, 0.2) is 0 Å². The van der Waals surface area contributed by atoms with Gasteiger partial charge in [0, 0.05) is 12.5 Å². The van der Waals surface area contributed by atoms with Crippen LogP contribution in [0.3, 0.4) is 0 Å². The van der Waals surface area contributed by atoms with Crippen molar-refractivity contribution in [3.05, 3.63) is 0 Å². The summed E-state index contributed by atoms with van der Waals surface area (Å²) in [5, 5.41) is 11.5. The fourth-order valence-electron chi connectivity index (χ4n) is 1.66. The van der Waals surface area contributed by atoms with Gasteiger partial charge in [-0.3, -0.25) is 0 Å². The summed E-state index contributed by atoms with van der Waals surface area (Å²) in [6.07, 6.45) is 0.972. The van der Waals surface area contributed by atoms with Crippen LogP contribution in [0.2, 0.25) is 0 Å². The van der Waals surface area contributed by atoms with E-state index in [1.165, 1.54) is 0 Å². The topological polar surface area (TPSA) is 67.8 Å². The zero-order chi connectivity index (χ0) is 9.14. The van der Waals surface area contributed by atoms with E-state index in [2.05, 4.69) is 19.0 Å². The van der Waals surface area contributed by atoms with Crippen molar-refractivity contribution < 1.29 is 9.94 Å².